The lowest BCUT2D eigenvalue weighted by Gasteiger charge is -2.22. The van der Waals surface area contributed by atoms with Crippen LogP contribution in [0.1, 0.15) is 64.0 Å². The number of nitrogens with one attached hydrogen (secondary N) is 1. The topological polar surface area (TPSA) is 33.7 Å². The van der Waals surface area contributed by atoms with Crippen LogP contribution in [0.2, 0.25) is 5.02 Å². The van der Waals surface area contributed by atoms with E-state index in [2.05, 4.69) is 52.1 Å². The van der Waals surface area contributed by atoms with E-state index in [9.17, 15) is 0 Å². The van der Waals surface area contributed by atoms with E-state index in [0.717, 1.165) is 47.6 Å². The Morgan fingerprint density at radius 1 is 0.909 bits per heavy atom. The Morgan fingerprint density at radius 3 is 2.30 bits per heavy atom. The number of benzene rings is 2. The highest BCUT2D eigenvalue weighted by atomic mass is 79.9. The van der Waals surface area contributed by atoms with Gasteiger partial charge in [-0.3, -0.25) is 0 Å². The molecule has 2 aromatic rings. The normalized spacial score (nSPS) is 11.2. The molecular formula is C27H40BrClN2O2. The Kier molecular flexibility index (Phi) is 13.9. The molecule has 0 unspecified atom stereocenters. The van der Waals surface area contributed by atoms with E-state index in [1.165, 1.54) is 44.3 Å². The van der Waals surface area contributed by atoms with Crippen molar-refractivity contribution in [2.75, 3.05) is 32.8 Å². The molecule has 0 saturated carbocycles. The molecule has 0 spiro atoms. The van der Waals surface area contributed by atoms with Crippen LogP contribution in [0.15, 0.2) is 40.9 Å². The summed E-state index contributed by atoms with van der Waals surface area (Å²) in [5, 5.41) is 4.30. The van der Waals surface area contributed by atoms with Crippen LogP contribution in [0.5, 0.6) is 11.5 Å². The van der Waals surface area contributed by atoms with Crippen molar-refractivity contribution in [3.8, 4) is 11.5 Å². The lowest BCUT2D eigenvalue weighted by Crippen LogP contribution is -2.29. The summed E-state index contributed by atoms with van der Waals surface area (Å²) in [6.07, 6.45) is 6.26. The van der Waals surface area contributed by atoms with Crippen LogP contribution in [0, 0.1) is 0 Å². The van der Waals surface area contributed by atoms with Gasteiger partial charge in [-0.1, -0.05) is 50.4 Å². The molecule has 0 aliphatic heterocycles. The summed E-state index contributed by atoms with van der Waals surface area (Å²) in [6.45, 7) is 12.9. The van der Waals surface area contributed by atoms with Crippen LogP contribution in [0.3, 0.4) is 0 Å². The minimum atomic E-state index is 0.434. The maximum Gasteiger partial charge on any atom is 0.175 e. The second-order valence-corrected chi connectivity index (χ2v) is 9.63. The maximum absolute atomic E-state index is 6.09. The second-order valence-electron chi connectivity index (χ2n) is 8.34. The molecule has 2 aromatic carbocycles. The van der Waals surface area contributed by atoms with Crippen LogP contribution in [0.25, 0.3) is 0 Å². The van der Waals surface area contributed by atoms with Crippen molar-refractivity contribution < 1.29 is 9.47 Å². The van der Waals surface area contributed by atoms with E-state index >= 15 is 0 Å². The summed E-state index contributed by atoms with van der Waals surface area (Å²) in [5.74, 6) is 1.49. The molecule has 6 heteroatoms. The number of hydrogen-bond acceptors (Lipinski definition) is 4. The van der Waals surface area contributed by atoms with Gasteiger partial charge in [0, 0.05) is 11.6 Å². The molecule has 1 N–H and O–H groups in total. The fourth-order valence-corrected chi connectivity index (χ4v) is 4.48. The molecule has 2 rings (SSSR count). The van der Waals surface area contributed by atoms with Crippen molar-refractivity contribution >= 4 is 27.5 Å². The number of unbranched alkanes of at least 4 members (excludes halogenated alkanes) is 2. The highest BCUT2D eigenvalue weighted by Gasteiger charge is 2.13. The lowest BCUT2D eigenvalue weighted by atomic mass is 10.2. The van der Waals surface area contributed by atoms with E-state index in [-0.39, 0.29) is 0 Å². The zero-order valence-corrected chi connectivity index (χ0v) is 22.8. The summed E-state index contributed by atoms with van der Waals surface area (Å²) in [5.41, 5.74) is 2.20. The number of hydrogen-bond donors (Lipinski definition) is 1. The Bertz CT molecular complexity index is 811. The van der Waals surface area contributed by atoms with Crippen molar-refractivity contribution in [3.63, 3.8) is 0 Å². The van der Waals surface area contributed by atoms with Crippen LogP contribution in [-0.2, 0) is 13.2 Å². The molecule has 0 saturated heterocycles. The van der Waals surface area contributed by atoms with Gasteiger partial charge in [-0.2, -0.15) is 0 Å². The van der Waals surface area contributed by atoms with E-state index in [1.807, 2.05) is 31.2 Å². The summed E-state index contributed by atoms with van der Waals surface area (Å²) in [4.78, 5) is 2.62. The van der Waals surface area contributed by atoms with Gasteiger partial charge in [0.05, 0.1) is 11.1 Å². The molecule has 0 aliphatic carbocycles. The van der Waals surface area contributed by atoms with Gasteiger partial charge in [0.25, 0.3) is 0 Å². The fraction of sp³-hybridized carbons (Fsp3) is 0.556. The van der Waals surface area contributed by atoms with Crippen LogP contribution < -0.4 is 14.8 Å². The lowest BCUT2D eigenvalue weighted by molar-refractivity contribution is 0.261. The first kappa shape index (κ1) is 28.0. The molecule has 0 aliphatic rings. The predicted octanol–water partition coefficient (Wildman–Crippen LogP) is 7.46. The third kappa shape index (κ3) is 10.7. The van der Waals surface area contributed by atoms with Crippen molar-refractivity contribution in [1.29, 1.82) is 0 Å². The summed E-state index contributed by atoms with van der Waals surface area (Å²) in [6, 6.07) is 11.9. The first-order valence-corrected chi connectivity index (χ1v) is 13.5. The zero-order chi connectivity index (χ0) is 23.9. The van der Waals surface area contributed by atoms with Gasteiger partial charge < -0.3 is 19.7 Å². The molecule has 4 nitrogen and oxygen atoms in total. The highest BCUT2D eigenvalue weighted by Crippen LogP contribution is 2.37. The number of halogens is 2. The average molecular weight is 540 g/mol. The van der Waals surface area contributed by atoms with Crippen molar-refractivity contribution in [1.82, 2.24) is 10.2 Å². The van der Waals surface area contributed by atoms with Gasteiger partial charge in [-0.05, 0) is 104 Å². The number of nitrogens with zero attached hydrogens (tertiary/aromatic N) is 1. The molecule has 0 fully saturated rings. The molecule has 0 amide bonds. The van der Waals surface area contributed by atoms with Crippen LogP contribution in [-0.4, -0.2) is 37.7 Å². The quantitative estimate of drug-likeness (QED) is 0.212. The molecule has 0 aromatic heterocycles. The molecule has 33 heavy (non-hydrogen) atoms. The fourth-order valence-electron chi connectivity index (χ4n) is 3.67. The Morgan fingerprint density at radius 2 is 1.64 bits per heavy atom. The van der Waals surface area contributed by atoms with Gasteiger partial charge in [-0.15, -0.1) is 0 Å². The molecule has 184 valence electrons. The zero-order valence-electron chi connectivity index (χ0n) is 20.5. The molecule has 0 bridgehead atoms. The largest absolute Gasteiger partial charge is 0.490 e. The first-order valence-electron chi connectivity index (χ1n) is 12.3. The maximum atomic E-state index is 6.09. The minimum absolute atomic E-state index is 0.434. The summed E-state index contributed by atoms with van der Waals surface area (Å²) in [7, 11) is 0. The standard InChI is InChI=1S/C27H40BrClN2O2/c1-4-7-14-31(15-8-5-2)16-10-13-30-20-23-18-25(28)27(26(19-23)32-6-3)33-21-22-11-9-12-24(29)17-22/h9,11-12,17-19,30H,4-8,10,13-16,20-21H2,1-3H3. The van der Waals surface area contributed by atoms with Gasteiger partial charge in [0.2, 0.25) is 0 Å². The summed E-state index contributed by atoms with van der Waals surface area (Å²) >= 11 is 9.77. The van der Waals surface area contributed by atoms with Crippen molar-refractivity contribution in [3.05, 3.63) is 57.0 Å². The molecule has 0 atom stereocenters. The first-order chi connectivity index (χ1) is 16.1. The third-order valence-electron chi connectivity index (χ3n) is 5.45. The summed E-state index contributed by atoms with van der Waals surface area (Å²) < 4.78 is 12.9. The number of ether oxygens (including phenoxy) is 2. The van der Waals surface area contributed by atoms with Crippen molar-refractivity contribution in [2.24, 2.45) is 0 Å². The van der Waals surface area contributed by atoms with Crippen molar-refractivity contribution in [2.45, 2.75) is 66.0 Å². The highest BCUT2D eigenvalue weighted by molar-refractivity contribution is 9.10. The Balaban J connectivity index is 1.88. The third-order valence-corrected chi connectivity index (χ3v) is 6.28. The molecule has 0 radical (unpaired) electrons. The Labute approximate surface area is 214 Å². The van der Waals surface area contributed by atoms with E-state index < -0.39 is 0 Å². The monoisotopic (exact) mass is 538 g/mol. The second kappa shape index (κ2) is 16.4. The van der Waals surface area contributed by atoms with Gasteiger partial charge in [0.15, 0.2) is 11.5 Å². The molecule has 0 heterocycles. The van der Waals surface area contributed by atoms with Crippen LogP contribution >= 0.6 is 27.5 Å². The van der Waals surface area contributed by atoms with E-state index in [0.29, 0.717) is 18.2 Å². The smallest absolute Gasteiger partial charge is 0.175 e. The van der Waals surface area contributed by atoms with Gasteiger partial charge >= 0.3 is 0 Å². The number of rotatable bonds is 17. The van der Waals surface area contributed by atoms with E-state index in [4.69, 9.17) is 21.1 Å². The Hall–Kier alpha value is -1.27. The average Bonchev–Trinajstić information content (AvgIpc) is 2.80. The SMILES string of the molecule is CCCCN(CCCC)CCCNCc1cc(Br)c(OCc2cccc(Cl)c2)c(OCC)c1. The predicted molar refractivity (Wildman–Crippen MR) is 144 cm³/mol. The van der Waals surface area contributed by atoms with Gasteiger partial charge in [-0.25, -0.2) is 0 Å². The van der Waals surface area contributed by atoms with E-state index in [1.54, 1.807) is 0 Å². The molecular weight excluding hydrogens is 500 g/mol. The minimum Gasteiger partial charge on any atom is -0.490 e. The van der Waals surface area contributed by atoms with Crippen LogP contribution in [0.4, 0.5) is 0 Å². The van der Waals surface area contributed by atoms with Gasteiger partial charge in [0.1, 0.15) is 6.61 Å².